The second-order valence-electron chi connectivity index (χ2n) is 8.25. The second kappa shape index (κ2) is 8.12. The van der Waals surface area contributed by atoms with Crippen molar-refractivity contribution in [2.24, 2.45) is 0 Å². The van der Waals surface area contributed by atoms with E-state index >= 15 is 0 Å². The molecule has 0 unspecified atom stereocenters. The summed E-state index contributed by atoms with van der Waals surface area (Å²) in [5.74, 6) is 0.466. The molecule has 0 fully saturated rings. The lowest BCUT2D eigenvalue weighted by molar-refractivity contribution is 0.0684. The minimum atomic E-state index is -1.01. The van der Waals surface area contributed by atoms with E-state index in [-0.39, 0.29) is 12.5 Å². The van der Waals surface area contributed by atoms with Crippen LogP contribution in [0, 0.1) is 0 Å². The van der Waals surface area contributed by atoms with Crippen LogP contribution < -0.4 is 9.47 Å². The molecule has 1 aliphatic heterocycles. The first-order valence-electron chi connectivity index (χ1n) is 11.0. The maximum Gasteiger partial charge on any atom is 0.354 e. The fourth-order valence-corrected chi connectivity index (χ4v) is 4.47. The summed E-state index contributed by atoms with van der Waals surface area (Å²) in [6, 6.07) is 25.3. The molecule has 0 saturated carbocycles. The van der Waals surface area contributed by atoms with Gasteiger partial charge in [0, 0.05) is 28.6 Å². The minimum absolute atomic E-state index is 0.151. The first-order chi connectivity index (χ1) is 16.7. The Morgan fingerprint density at radius 1 is 0.941 bits per heavy atom. The standard InChI is InChI=1S/C27H21N3O4/c31-27(32)23-14-22(29-30(23)15-17-6-2-1-3-7-17)26-19-8-4-5-9-20(19)28-21(26)12-18-10-11-24-25(13-18)34-16-33-24/h1-11,13-14,28H,12,15-16H2,(H,31,32). The van der Waals surface area contributed by atoms with Crippen LogP contribution in [0.15, 0.2) is 78.9 Å². The number of ether oxygens (including phenoxy) is 2. The van der Waals surface area contributed by atoms with Gasteiger partial charge in [-0.3, -0.25) is 4.68 Å². The van der Waals surface area contributed by atoms with Gasteiger partial charge >= 0.3 is 5.97 Å². The Bertz CT molecular complexity index is 1520. The summed E-state index contributed by atoms with van der Waals surface area (Å²) in [6.45, 7) is 0.607. The number of benzene rings is 3. The predicted molar refractivity (Wildman–Crippen MR) is 127 cm³/mol. The van der Waals surface area contributed by atoms with Gasteiger partial charge in [-0.1, -0.05) is 54.6 Å². The van der Waals surface area contributed by atoms with Crippen LogP contribution in [0.2, 0.25) is 0 Å². The van der Waals surface area contributed by atoms with E-state index in [1.165, 1.54) is 0 Å². The van der Waals surface area contributed by atoms with Crippen molar-refractivity contribution in [2.45, 2.75) is 13.0 Å². The molecule has 3 aromatic carbocycles. The lowest BCUT2D eigenvalue weighted by Crippen LogP contribution is -2.10. The van der Waals surface area contributed by atoms with Crippen molar-refractivity contribution in [3.05, 3.63) is 101 Å². The van der Waals surface area contributed by atoms with Gasteiger partial charge in [-0.05, 0) is 35.4 Å². The van der Waals surface area contributed by atoms with E-state index in [1.807, 2.05) is 72.8 Å². The van der Waals surface area contributed by atoms with Crippen LogP contribution in [0.3, 0.4) is 0 Å². The Morgan fingerprint density at radius 2 is 1.74 bits per heavy atom. The van der Waals surface area contributed by atoms with Gasteiger partial charge < -0.3 is 19.6 Å². The highest BCUT2D eigenvalue weighted by molar-refractivity contribution is 5.98. The largest absolute Gasteiger partial charge is 0.477 e. The highest BCUT2D eigenvalue weighted by atomic mass is 16.7. The number of aromatic carboxylic acids is 1. The second-order valence-corrected chi connectivity index (χ2v) is 8.25. The molecule has 0 atom stereocenters. The smallest absolute Gasteiger partial charge is 0.354 e. The number of hydrogen-bond acceptors (Lipinski definition) is 4. The first kappa shape index (κ1) is 20.1. The number of carbonyl (C=O) groups is 1. The van der Waals surface area contributed by atoms with Crippen molar-refractivity contribution in [1.29, 1.82) is 0 Å². The number of nitrogens with one attached hydrogen (secondary N) is 1. The minimum Gasteiger partial charge on any atom is -0.477 e. The van der Waals surface area contributed by atoms with E-state index in [0.29, 0.717) is 18.7 Å². The lowest BCUT2D eigenvalue weighted by Gasteiger charge is -2.06. The molecule has 3 heterocycles. The van der Waals surface area contributed by atoms with Gasteiger partial charge in [-0.2, -0.15) is 5.10 Å². The Hall–Kier alpha value is -4.52. The molecular formula is C27H21N3O4. The predicted octanol–water partition coefficient (Wildman–Crippen LogP) is 5.10. The topological polar surface area (TPSA) is 89.4 Å². The molecule has 0 saturated heterocycles. The fraction of sp³-hybridized carbons (Fsp3) is 0.111. The molecule has 0 amide bonds. The third-order valence-electron chi connectivity index (χ3n) is 6.03. The van der Waals surface area contributed by atoms with Crippen molar-refractivity contribution < 1.29 is 19.4 Å². The Balaban J connectivity index is 1.45. The molecule has 7 nitrogen and oxygen atoms in total. The van der Waals surface area contributed by atoms with Crippen LogP contribution in [0.25, 0.3) is 22.2 Å². The molecule has 5 aromatic rings. The number of rotatable bonds is 6. The molecule has 0 radical (unpaired) electrons. The number of fused-ring (bicyclic) bond motifs is 2. The zero-order valence-electron chi connectivity index (χ0n) is 18.2. The number of aromatic amines is 1. The maximum atomic E-state index is 12.0. The van der Waals surface area contributed by atoms with E-state index in [4.69, 9.17) is 14.6 Å². The summed E-state index contributed by atoms with van der Waals surface area (Å²) in [7, 11) is 0. The highest BCUT2D eigenvalue weighted by Crippen LogP contribution is 2.36. The summed E-state index contributed by atoms with van der Waals surface area (Å²) < 4.78 is 12.5. The molecule has 0 aliphatic carbocycles. The van der Waals surface area contributed by atoms with E-state index in [9.17, 15) is 9.90 Å². The van der Waals surface area contributed by atoms with Gasteiger partial charge in [-0.25, -0.2) is 4.79 Å². The average Bonchev–Trinajstić information content (AvgIpc) is 3.56. The zero-order chi connectivity index (χ0) is 23.1. The molecule has 0 bridgehead atoms. The molecule has 6 rings (SSSR count). The quantitative estimate of drug-likeness (QED) is 0.375. The molecule has 34 heavy (non-hydrogen) atoms. The van der Waals surface area contributed by atoms with Crippen LogP contribution in [-0.2, 0) is 13.0 Å². The lowest BCUT2D eigenvalue weighted by atomic mass is 10.0. The molecular weight excluding hydrogens is 430 g/mol. The molecule has 7 heteroatoms. The fourth-order valence-electron chi connectivity index (χ4n) is 4.47. The highest BCUT2D eigenvalue weighted by Gasteiger charge is 2.22. The first-order valence-corrected chi connectivity index (χ1v) is 11.0. The zero-order valence-corrected chi connectivity index (χ0v) is 18.2. The van der Waals surface area contributed by atoms with Gasteiger partial charge in [-0.15, -0.1) is 0 Å². The van der Waals surface area contributed by atoms with Crippen LogP contribution in [0.4, 0.5) is 0 Å². The summed E-state index contributed by atoms with van der Waals surface area (Å²) in [6.07, 6.45) is 0.606. The number of carboxylic acid groups (broad SMARTS) is 1. The van der Waals surface area contributed by atoms with E-state index in [1.54, 1.807) is 10.7 Å². The number of hydrogen-bond donors (Lipinski definition) is 2. The normalized spacial score (nSPS) is 12.4. The summed E-state index contributed by atoms with van der Waals surface area (Å²) in [5, 5.41) is 15.6. The van der Waals surface area contributed by atoms with Crippen molar-refractivity contribution in [2.75, 3.05) is 6.79 Å². The van der Waals surface area contributed by atoms with E-state index < -0.39 is 5.97 Å². The van der Waals surface area contributed by atoms with Crippen LogP contribution in [-0.4, -0.2) is 32.6 Å². The Morgan fingerprint density at radius 3 is 2.59 bits per heavy atom. The number of para-hydroxylation sites is 1. The monoisotopic (exact) mass is 451 g/mol. The van der Waals surface area contributed by atoms with Gasteiger partial charge in [0.05, 0.1) is 12.2 Å². The summed E-state index contributed by atoms with van der Waals surface area (Å²) in [4.78, 5) is 15.6. The Labute approximate surface area is 195 Å². The number of carboxylic acids is 1. The van der Waals surface area contributed by atoms with Gasteiger partial charge in [0.2, 0.25) is 6.79 Å². The van der Waals surface area contributed by atoms with Gasteiger partial charge in [0.15, 0.2) is 11.5 Å². The number of H-pyrrole nitrogens is 1. The molecule has 0 spiro atoms. The van der Waals surface area contributed by atoms with Crippen molar-refractivity contribution in [3.63, 3.8) is 0 Å². The van der Waals surface area contributed by atoms with E-state index in [2.05, 4.69) is 4.98 Å². The third kappa shape index (κ3) is 3.57. The van der Waals surface area contributed by atoms with Crippen LogP contribution in [0.1, 0.15) is 27.3 Å². The summed E-state index contributed by atoms with van der Waals surface area (Å²) >= 11 is 0. The SMILES string of the molecule is O=C(O)c1cc(-c2c(Cc3ccc4c(c3)OCO4)[nH]c3ccccc23)nn1Cc1ccccc1. The maximum absolute atomic E-state index is 12.0. The molecule has 1 aliphatic rings. The van der Waals surface area contributed by atoms with Crippen molar-refractivity contribution in [1.82, 2.24) is 14.8 Å². The van der Waals surface area contributed by atoms with Crippen LogP contribution >= 0.6 is 0 Å². The third-order valence-corrected chi connectivity index (χ3v) is 6.03. The van der Waals surface area contributed by atoms with Crippen molar-refractivity contribution in [3.8, 4) is 22.8 Å². The van der Waals surface area contributed by atoms with Gasteiger partial charge in [0.1, 0.15) is 5.69 Å². The number of nitrogens with zero attached hydrogens (tertiary/aromatic N) is 2. The van der Waals surface area contributed by atoms with E-state index in [0.717, 1.165) is 44.8 Å². The summed E-state index contributed by atoms with van der Waals surface area (Å²) in [5.41, 5.74) is 5.66. The van der Waals surface area contributed by atoms with Crippen LogP contribution in [0.5, 0.6) is 11.5 Å². The number of aromatic nitrogens is 3. The molecule has 168 valence electrons. The Kier molecular flexibility index (Phi) is 4.80. The average molecular weight is 451 g/mol. The van der Waals surface area contributed by atoms with Gasteiger partial charge in [0.25, 0.3) is 0 Å². The molecule has 2 aromatic heterocycles. The van der Waals surface area contributed by atoms with Crippen molar-refractivity contribution >= 4 is 16.9 Å². The molecule has 2 N–H and O–H groups in total.